The summed E-state index contributed by atoms with van der Waals surface area (Å²) in [7, 11) is 0. The number of hydrogen-bond acceptors (Lipinski definition) is 5. The number of carbonyl (C=O) groups excluding carboxylic acids is 2. The summed E-state index contributed by atoms with van der Waals surface area (Å²) in [5.41, 5.74) is 0. The molecule has 0 saturated heterocycles. The Kier molecular flexibility index (Phi) is 44.7. The van der Waals surface area contributed by atoms with E-state index < -0.39 is 18.2 Å². The van der Waals surface area contributed by atoms with Gasteiger partial charge in [0.1, 0.15) is 6.10 Å². The first-order valence-corrected chi connectivity index (χ1v) is 25.1. The van der Waals surface area contributed by atoms with Crippen LogP contribution in [0.25, 0.3) is 0 Å². The van der Waals surface area contributed by atoms with Gasteiger partial charge in [0.05, 0.1) is 25.2 Å². The average Bonchev–Trinajstić information content (AvgIpc) is 3.23. The highest BCUT2D eigenvalue weighted by atomic mass is 16.5. The van der Waals surface area contributed by atoms with E-state index in [0.29, 0.717) is 19.3 Å². The zero-order valence-corrected chi connectivity index (χ0v) is 38.9. The molecule has 3 atom stereocenters. The van der Waals surface area contributed by atoms with E-state index in [4.69, 9.17) is 4.74 Å². The zero-order chi connectivity index (χ0) is 43.1. The lowest BCUT2D eigenvalue weighted by molar-refractivity contribution is -0.151. The van der Waals surface area contributed by atoms with Gasteiger partial charge >= 0.3 is 5.97 Å². The van der Waals surface area contributed by atoms with E-state index in [1.807, 2.05) is 24.3 Å². The molecule has 0 radical (unpaired) electrons. The Bertz CT molecular complexity index is 1060. The summed E-state index contributed by atoms with van der Waals surface area (Å²) in [6, 6.07) is -0.718. The van der Waals surface area contributed by atoms with E-state index in [-0.39, 0.29) is 24.9 Å². The molecular formula is C53H95NO5. The largest absolute Gasteiger partial charge is 0.462 e. The van der Waals surface area contributed by atoms with E-state index in [1.54, 1.807) is 0 Å². The van der Waals surface area contributed by atoms with Gasteiger partial charge in [-0.3, -0.25) is 9.59 Å². The first-order chi connectivity index (χ1) is 29.0. The number of rotatable bonds is 44. The second-order valence-electron chi connectivity index (χ2n) is 16.9. The van der Waals surface area contributed by atoms with Crippen LogP contribution in [-0.2, 0) is 14.3 Å². The summed E-state index contributed by atoms with van der Waals surface area (Å²) in [6.07, 6.45) is 57.1. The number of esters is 1. The fraction of sp³-hybridized carbons (Fsp3) is 0.774. The van der Waals surface area contributed by atoms with E-state index in [9.17, 15) is 19.8 Å². The summed E-state index contributed by atoms with van der Waals surface area (Å²) in [4.78, 5) is 26.1. The van der Waals surface area contributed by atoms with E-state index in [2.05, 4.69) is 62.5 Å². The Morgan fingerprint density at radius 1 is 0.508 bits per heavy atom. The maximum Gasteiger partial charge on any atom is 0.306 e. The maximum atomic E-state index is 13.2. The van der Waals surface area contributed by atoms with Crippen LogP contribution in [0.5, 0.6) is 0 Å². The minimum absolute atomic E-state index is 0.0445. The van der Waals surface area contributed by atoms with Gasteiger partial charge in [0, 0.05) is 6.42 Å². The molecule has 0 heterocycles. The zero-order valence-electron chi connectivity index (χ0n) is 38.9. The van der Waals surface area contributed by atoms with Crippen molar-refractivity contribution in [2.75, 3.05) is 6.61 Å². The smallest absolute Gasteiger partial charge is 0.306 e. The molecule has 3 N–H and O–H groups in total. The molecule has 0 fully saturated rings. The topological polar surface area (TPSA) is 95.9 Å². The van der Waals surface area contributed by atoms with Gasteiger partial charge in [-0.1, -0.05) is 216 Å². The van der Waals surface area contributed by atoms with Crippen LogP contribution in [0.4, 0.5) is 0 Å². The van der Waals surface area contributed by atoms with Crippen LogP contribution >= 0.6 is 0 Å². The lowest BCUT2D eigenvalue weighted by Crippen LogP contribution is -2.46. The van der Waals surface area contributed by atoms with Crippen LogP contribution in [0.1, 0.15) is 239 Å². The third-order valence-corrected chi connectivity index (χ3v) is 11.2. The van der Waals surface area contributed by atoms with Gasteiger partial charge in [0.2, 0.25) is 5.91 Å². The molecule has 342 valence electrons. The third-order valence-electron chi connectivity index (χ3n) is 11.2. The van der Waals surface area contributed by atoms with Gasteiger partial charge in [0.25, 0.3) is 0 Å². The molecule has 59 heavy (non-hydrogen) atoms. The summed E-state index contributed by atoms with van der Waals surface area (Å²) in [5, 5.41) is 23.7. The molecule has 0 aromatic heterocycles. The number of aliphatic hydroxyl groups is 2. The van der Waals surface area contributed by atoms with Gasteiger partial charge in [-0.2, -0.15) is 0 Å². The fourth-order valence-corrected chi connectivity index (χ4v) is 7.38. The number of aliphatic hydroxyl groups excluding tert-OH is 2. The minimum Gasteiger partial charge on any atom is -0.462 e. The quantitative estimate of drug-likeness (QED) is 0.0246. The number of ether oxygens (including phenoxy) is 1. The summed E-state index contributed by atoms with van der Waals surface area (Å²) >= 11 is 0. The molecule has 0 aliphatic rings. The highest BCUT2D eigenvalue weighted by Gasteiger charge is 2.24. The van der Waals surface area contributed by atoms with Gasteiger partial charge in [0.15, 0.2) is 0 Å². The molecule has 0 aliphatic carbocycles. The molecule has 6 heteroatoms. The predicted octanol–water partition coefficient (Wildman–Crippen LogP) is 14.8. The van der Waals surface area contributed by atoms with Crippen LogP contribution < -0.4 is 5.32 Å². The van der Waals surface area contributed by atoms with Gasteiger partial charge in [-0.25, -0.2) is 0 Å². The normalized spacial score (nSPS) is 13.8. The van der Waals surface area contributed by atoms with E-state index in [1.165, 1.54) is 109 Å². The predicted molar refractivity (Wildman–Crippen MR) is 255 cm³/mol. The standard InChI is InChI=1S/C53H95NO5/c1-4-7-10-13-16-19-22-25-28-30-33-36-39-42-45-51(56)50(48-55)54-52(57)47-49(44-41-38-35-32-29-26-23-20-17-14-11-8-5-2)59-53(58)46-43-40-37-34-31-27-24-21-18-15-12-9-6-3/h8,11,14,17,20,23,26-27,29,31,49-51,55-56H,4-7,9-10,12-13,15-16,18-19,21-22,24-25,28,30,32-48H2,1-3H3,(H,54,57)/b11-8+,17-14+,23-20+,29-26-,31-27-. The molecule has 6 nitrogen and oxygen atoms in total. The Balaban J connectivity index is 4.65. The molecule has 1 amide bonds. The lowest BCUT2D eigenvalue weighted by atomic mass is 10.0. The maximum absolute atomic E-state index is 13.2. The number of unbranched alkanes of at least 4 members (excludes halogenated alkanes) is 25. The van der Waals surface area contributed by atoms with Crippen molar-refractivity contribution >= 4 is 11.9 Å². The number of carbonyl (C=O) groups is 2. The third kappa shape index (κ3) is 42.1. The molecule has 3 unspecified atom stereocenters. The Morgan fingerprint density at radius 2 is 0.932 bits per heavy atom. The van der Waals surface area contributed by atoms with Gasteiger partial charge < -0.3 is 20.3 Å². The molecule has 0 aromatic rings. The van der Waals surface area contributed by atoms with Crippen LogP contribution in [0.15, 0.2) is 60.8 Å². The molecule has 0 bridgehead atoms. The Morgan fingerprint density at radius 3 is 1.46 bits per heavy atom. The molecule has 0 rings (SSSR count). The van der Waals surface area contributed by atoms with Crippen molar-refractivity contribution < 1.29 is 24.5 Å². The van der Waals surface area contributed by atoms with E-state index in [0.717, 1.165) is 83.5 Å². The first kappa shape index (κ1) is 56.6. The van der Waals surface area contributed by atoms with Crippen molar-refractivity contribution in [3.05, 3.63) is 60.8 Å². The fourth-order valence-electron chi connectivity index (χ4n) is 7.38. The average molecular weight is 826 g/mol. The molecule has 0 aromatic carbocycles. The summed E-state index contributed by atoms with van der Waals surface area (Å²) in [5.74, 6) is -0.532. The molecular weight excluding hydrogens is 731 g/mol. The van der Waals surface area contributed by atoms with Crippen molar-refractivity contribution in [1.82, 2.24) is 5.32 Å². The highest BCUT2D eigenvalue weighted by Crippen LogP contribution is 2.17. The second-order valence-corrected chi connectivity index (χ2v) is 16.9. The number of amides is 1. The van der Waals surface area contributed by atoms with Crippen molar-refractivity contribution in [3.63, 3.8) is 0 Å². The number of allylic oxidation sites excluding steroid dienone is 10. The SMILES string of the molecule is CC/C=C/C=C/C=C/C=C\CCCCCC(CC(=O)NC(CO)C(O)CCCCCCCCCCCCCCCC)OC(=O)CCCCC/C=C\CCCCCCCC. The first-order valence-electron chi connectivity index (χ1n) is 25.1. The Hall–Kier alpha value is -2.44. The van der Waals surface area contributed by atoms with Crippen molar-refractivity contribution in [2.45, 2.75) is 257 Å². The van der Waals surface area contributed by atoms with Crippen LogP contribution in [0.2, 0.25) is 0 Å². The monoisotopic (exact) mass is 826 g/mol. The van der Waals surface area contributed by atoms with Crippen molar-refractivity contribution in [1.29, 1.82) is 0 Å². The van der Waals surface area contributed by atoms with Crippen molar-refractivity contribution in [2.24, 2.45) is 0 Å². The second kappa shape index (κ2) is 46.6. The number of nitrogens with one attached hydrogen (secondary N) is 1. The summed E-state index contributed by atoms with van der Waals surface area (Å²) < 4.78 is 5.89. The highest BCUT2D eigenvalue weighted by molar-refractivity contribution is 5.77. The van der Waals surface area contributed by atoms with Gasteiger partial charge in [-0.05, 0) is 70.6 Å². The van der Waals surface area contributed by atoms with Crippen LogP contribution in [0.3, 0.4) is 0 Å². The van der Waals surface area contributed by atoms with Crippen LogP contribution in [-0.4, -0.2) is 46.9 Å². The molecule has 0 saturated carbocycles. The van der Waals surface area contributed by atoms with E-state index >= 15 is 0 Å². The Labute approximate surface area is 365 Å². The van der Waals surface area contributed by atoms with Crippen LogP contribution in [0, 0.1) is 0 Å². The minimum atomic E-state index is -0.801. The summed E-state index contributed by atoms with van der Waals surface area (Å²) in [6.45, 7) is 6.32. The van der Waals surface area contributed by atoms with Gasteiger partial charge in [-0.15, -0.1) is 0 Å². The van der Waals surface area contributed by atoms with Crippen molar-refractivity contribution in [3.8, 4) is 0 Å². The number of hydrogen-bond donors (Lipinski definition) is 3. The molecule has 0 spiro atoms. The lowest BCUT2D eigenvalue weighted by Gasteiger charge is -2.24. The molecule has 0 aliphatic heterocycles.